The van der Waals surface area contributed by atoms with Crippen molar-refractivity contribution in [3.8, 4) is 0 Å². The molecule has 3 aromatic rings. The summed E-state index contributed by atoms with van der Waals surface area (Å²) in [5.41, 5.74) is 4.29. The van der Waals surface area contributed by atoms with Crippen LogP contribution in [0.4, 0.5) is 11.6 Å². The third-order valence-corrected chi connectivity index (χ3v) is 5.32. The van der Waals surface area contributed by atoms with Crippen molar-refractivity contribution in [2.75, 3.05) is 29.9 Å². The molecule has 27 heavy (non-hydrogen) atoms. The Labute approximate surface area is 159 Å². The van der Waals surface area contributed by atoms with E-state index in [1.807, 2.05) is 0 Å². The minimum Gasteiger partial charge on any atom is -0.368 e. The molecule has 1 fully saturated rings. The van der Waals surface area contributed by atoms with Gasteiger partial charge in [0.25, 0.3) is 0 Å². The van der Waals surface area contributed by atoms with Crippen LogP contribution < -0.4 is 10.2 Å². The van der Waals surface area contributed by atoms with Gasteiger partial charge in [-0.15, -0.1) is 5.10 Å². The van der Waals surface area contributed by atoms with Crippen LogP contribution in [0.2, 0.25) is 0 Å². The van der Waals surface area contributed by atoms with E-state index < -0.39 is 0 Å². The maximum atomic E-state index is 4.44. The van der Waals surface area contributed by atoms with Crippen LogP contribution in [0.1, 0.15) is 32.2 Å². The maximum absolute atomic E-state index is 4.44. The third-order valence-electron chi connectivity index (χ3n) is 5.32. The highest BCUT2D eigenvalue weighted by molar-refractivity contribution is 5.87. The first-order valence-corrected chi connectivity index (χ1v) is 9.43. The molecule has 0 aromatic carbocycles. The van der Waals surface area contributed by atoms with Gasteiger partial charge in [0.05, 0.1) is 11.2 Å². The van der Waals surface area contributed by atoms with Gasteiger partial charge in [-0.05, 0) is 25.1 Å². The average Bonchev–Trinajstić information content (AvgIpc) is 2.88. The zero-order valence-corrected chi connectivity index (χ0v) is 16.7. The van der Waals surface area contributed by atoms with Crippen LogP contribution in [0.5, 0.6) is 0 Å². The Hall–Kier alpha value is -2.70. The number of nitrogens with zero attached hydrogens (tertiary/aromatic N) is 6. The number of anilines is 2. The van der Waals surface area contributed by atoms with Crippen LogP contribution in [0.25, 0.3) is 11.0 Å². The molecule has 4 rings (SSSR count). The molecule has 3 aromatic heterocycles. The highest BCUT2D eigenvalue weighted by Crippen LogP contribution is 2.26. The fraction of sp³-hybridized carbons (Fsp3) is 0.500. The Morgan fingerprint density at radius 2 is 1.93 bits per heavy atom. The summed E-state index contributed by atoms with van der Waals surface area (Å²) in [7, 11) is 2.05. The summed E-state index contributed by atoms with van der Waals surface area (Å²) in [5, 5.41) is 12.3. The van der Waals surface area contributed by atoms with Crippen molar-refractivity contribution in [3.05, 3.63) is 35.9 Å². The molecule has 0 atom stereocenters. The predicted octanol–water partition coefficient (Wildman–Crippen LogP) is 2.91. The van der Waals surface area contributed by atoms with Gasteiger partial charge in [0.15, 0.2) is 11.6 Å². The fourth-order valence-electron chi connectivity index (χ4n) is 3.45. The molecule has 1 N–H and O–H groups in total. The molecule has 0 amide bonds. The second-order valence-electron chi connectivity index (χ2n) is 8.48. The number of nitrogens with one attached hydrogen (secondary N) is 1. The summed E-state index contributed by atoms with van der Waals surface area (Å²) in [5.74, 6) is 2.44. The Bertz CT molecular complexity index is 947. The van der Waals surface area contributed by atoms with Gasteiger partial charge in [-0.25, -0.2) is 9.97 Å². The predicted molar refractivity (Wildman–Crippen MR) is 108 cm³/mol. The largest absolute Gasteiger partial charge is 0.368 e. The van der Waals surface area contributed by atoms with Crippen LogP contribution in [0, 0.1) is 12.8 Å². The number of rotatable bonds is 4. The van der Waals surface area contributed by atoms with Crippen LogP contribution in [-0.2, 0) is 12.5 Å². The lowest BCUT2D eigenvalue weighted by Crippen LogP contribution is -2.50. The van der Waals surface area contributed by atoms with E-state index in [1.54, 1.807) is 6.33 Å². The summed E-state index contributed by atoms with van der Waals surface area (Å²) >= 11 is 0. The molecule has 0 aliphatic carbocycles. The first-order valence-electron chi connectivity index (χ1n) is 9.43. The highest BCUT2D eigenvalue weighted by atomic mass is 15.3. The van der Waals surface area contributed by atoms with Crippen molar-refractivity contribution in [1.29, 1.82) is 0 Å². The van der Waals surface area contributed by atoms with Gasteiger partial charge in [0, 0.05) is 43.7 Å². The van der Waals surface area contributed by atoms with Gasteiger partial charge in [-0.2, -0.15) is 5.10 Å². The third kappa shape index (κ3) is 3.34. The van der Waals surface area contributed by atoms with Crippen LogP contribution >= 0.6 is 0 Å². The Balaban J connectivity index is 1.36. The maximum Gasteiger partial charge on any atom is 0.154 e. The molecule has 0 bridgehead atoms. The van der Waals surface area contributed by atoms with Crippen molar-refractivity contribution in [2.45, 2.75) is 33.1 Å². The number of aromatic nitrogens is 5. The fourth-order valence-corrected chi connectivity index (χ4v) is 3.45. The van der Waals surface area contributed by atoms with Gasteiger partial charge in [-0.1, -0.05) is 20.8 Å². The molecule has 1 aliphatic rings. The Kier molecular flexibility index (Phi) is 4.25. The van der Waals surface area contributed by atoms with E-state index in [0.29, 0.717) is 5.92 Å². The van der Waals surface area contributed by atoms with Gasteiger partial charge < -0.3 is 14.8 Å². The van der Waals surface area contributed by atoms with E-state index in [0.717, 1.165) is 48.0 Å². The van der Waals surface area contributed by atoms with Crippen molar-refractivity contribution < 1.29 is 0 Å². The molecule has 0 saturated carbocycles. The van der Waals surface area contributed by atoms with Crippen LogP contribution in [0.3, 0.4) is 0 Å². The number of hydrogen-bond acceptors (Lipinski definition) is 6. The van der Waals surface area contributed by atoms with Crippen LogP contribution in [-0.4, -0.2) is 44.4 Å². The summed E-state index contributed by atoms with van der Waals surface area (Å²) in [4.78, 5) is 11.1. The molecule has 0 unspecified atom stereocenters. The molecular weight excluding hydrogens is 338 g/mol. The van der Waals surface area contributed by atoms with E-state index in [4.69, 9.17) is 0 Å². The zero-order valence-electron chi connectivity index (χ0n) is 16.7. The SMILES string of the molecule is Cc1cc2ncnc(NCC3CN(c4ccc(C(C)(C)C)nn4)C3)c2n1C. The lowest BCUT2D eigenvalue weighted by Gasteiger charge is -2.40. The molecular formula is C20H27N7. The summed E-state index contributed by atoms with van der Waals surface area (Å²) in [6.07, 6.45) is 1.63. The van der Waals surface area contributed by atoms with Gasteiger partial charge in [-0.3, -0.25) is 0 Å². The molecule has 7 nitrogen and oxygen atoms in total. The molecule has 0 radical (unpaired) electrons. The molecule has 0 spiro atoms. The van der Waals surface area contributed by atoms with E-state index >= 15 is 0 Å². The van der Waals surface area contributed by atoms with Crippen molar-refractivity contribution in [3.63, 3.8) is 0 Å². The van der Waals surface area contributed by atoms with E-state index in [1.165, 1.54) is 5.69 Å². The van der Waals surface area contributed by atoms with E-state index in [-0.39, 0.29) is 5.41 Å². The normalized spacial score (nSPS) is 15.2. The summed E-state index contributed by atoms with van der Waals surface area (Å²) in [6.45, 7) is 11.4. The minimum absolute atomic E-state index is 0.0328. The lowest BCUT2D eigenvalue weighted by atomic mass is 9.92. The summed E-state index contributed by atoms with van der Waals surface area (Å²) < 4.78 is 2.14. The zero-order chi connectivity index (χ0) is 19.2. The lowest BCUT2D eigenvalue weighted by molar-refractivity contribution is 0.424. The monoisotopic (exact) mass is 365 g/mol. The van der Waals surface area contributed by atoms with Crippen molar-refractivity contribution in [1.82, 2.24) is 24.7 Å². The standard InChI is InChI=1S/C20H27N7/c1-13-8-15-18(26(13)5)19(23-12-22-15)21-9-14-10-27(11-14)17-7-6-16(24-25-17)20(2,3)4/h6-8,12,14H,9-11H2,1-5H3,(H,21,22,23). The van der Waals surface area contributed by atoms with Crippen molar-refractivity contribution >= 4 is 22.7 Å². The van der Waals surface area contributed by atoms with Crippen molar-refractivity contribution in [2.24, 2.45) is 13.0 Å². The highest BCUT2D eigenvalue weighted by Gasteiger charge is 2.28. The Morgan fingerprint density at radius 3 is 2.59 bits per heavy atom. The van der Waals surface area contributed by atoms with Gasteiger partial charge in [0.2, 0.25) is 0 Å². The molecule has 142 valence electrons. The average molecular weight is 365 g/mol. The molecule has 1 saturated heterocycles. The minimum atomic E-state index is 0.0328. The van der Waals surface area contributed by atoms with Crippen LogP contribution in [0.15, 0.2) is 24.5 Å². The molecule has 7 heteroatoms. The van der Waals surface area contributed by atoms with Gasteiger partial charge in [0.1, 0.15) is 11.8 Å². The first kappa shape index (κ1) is 17.7. The number of fused-ring (bicyclic) bond motifs is 1. The number of hydrogen-bond donors (Lipinski definition) is 1. The smallest absolute Gasteiger partial charge is 0.154 e. The number of aryl methyl sites for hydroxylation is 2. The van der Waals surface area contributed by atoms with E-state index in [9.17, 15) is 0 Å². The summed E-state index contributed by atoms with van der Waals surface area (Å²) in [6, 6.07) is 6.26. The Morgan fingerprint density at radius 1 is 1.15 bits per heavy atom. The first-order chi connectivity index (χ1) is 12.8. The molecule has 4 heterocycles. The topological polar surface area (TPSA) is 71.8 Å². The van der Waals surface area contributed by atoms with E-state index in [2.05, 4.69) is 87.9 Å². The molecule has 1 aliphatic heterocycles. The van der Waals surface area contributed by atoms with Gasteiger partial charge >= 0.3 is 0 Å². The quantitative estimate of drug-likeness (QED) is 0.766. The second kappa shape index (κ2) is 6.48. The second-order valence-corrected chi connectivity index (χ2v) is 8.48.